The summed E-state index contributed by atoms with van der Waals surface area (Å²) < 4.78 is 0. The molecule has 2 aromatic carbocycles. The lowest BCUT2D eigenvalue weighted by molar-refractivity contribution is 1.15. The normalized spacial score (nSPS) is 10.8. The number of rotatable bonds is 4. The first kappa shape index (κ1) is 14.3. The molecule has 0 atom stereocenters. The van der Waals surface area contributed by atoms with E-state index in [9.17, 15) is 0 Å². The molecule has 3 aromatic rings. The fourth-order valence-electron chi connectivity index (χ4n) is 1.93. The Morgan fingerprint density at radius 1 is 0.864 bits per heavy atom. The number of hydrogen-bond donors (Lipinski definition) is 1. The molecular weight excluding hydrogens is 294 g/mol. The summed E-state index contributed by atoms with van der Waals surface area (Å²) in [7, 11) is 0. The molecule has 0 bridgehead atoms. The van der Waals surface area contributed by atoms with Crippen LogP contribution in [0.15, 0.2) is 66.9 Å². The molecule has 0 unspecified atom stereocenters. The first-order chi connectivity index (χ1) is 10.8. The summed E-state index contributed by atoms with van der Waals surface area (Å²) in [6.45, 7) is 0. The van der Waals surface area contributed by atoms with Gasteiger partial charge in [0.2, 0.25) is 5.95 Å². The lowest BCUT2D eigenvalue weighted by Crippen LogP contribution is -1.97. The van der Waals surface area contributed by atoms with Crippen molar-refractivity contribution in [2.45, 2.75) is 0 Å². The average molecular weight is 308 g/mol. The van der Waals surface area contributed by atoms with E-state index in [1.165, 1.54) is 0 Å². The topological polar surface area (TPSA) is 37.8 Å². The van der Waals surface area contributed by atoms with Crippen LogP contribution in [-0.2, 0) is 0 Å². The maximum Gasteiger partial charge on any atom is 0.227 e. The summed E-state index contributed by atoms with van der Waals surface area (Å²) in [6, 6.07) is 19.4. The highest BCUT2D eigenvalue weighted by Crippen LogP contribution is 2.14. The largest absolute Gasteiger partial charge is 0.324 e. The minimum Gasteiger partial charge on any atom is -0.324 e. The Balaban J connectivity index is 1.75. The predicted octanol–water partition coefficient (Wildman–Crippen LogP) is 5.04. The Hall–Kier alpha value is -2.65. The first-order valence-corrected chi connectivity index (χ1v) is 7.26. The number of benzene rings is 2. The Labute approximate surface area is 134 Å². The van der Waals surface area contributed by atoms with E-state index in [1.54, 1.807) is 6.20 Å². The number of para-hydroxylation sites is 1. The number of nitrogens with one attached hydrogen (secondary N) is 1. The van der Waals surface area contributed by atoms with Crippen molar-refractivity contribution in [3.05, 3.63) is 83.1 Å². The Kier molecular flexibility index (Phi) is 4.47. The smallest absolute Gasteiger partial charge is 0.227 e. The van der Waals surface area contributed by atoms with Crippen LogP contribution in [0.1, 0.15) is 11.3 Å². The van der Waals surface area contributed by atoms with Gasteiger partial charge in [-0.25, -0.2) is 9.97 Å². The van der Waals surface area contributed by atoms with Crippen molar-refractivity contribution in [2.24, 2.45) is 0 Å². The summed E-state index contributed by atoms with van der Waals surface area (Å²) >= 11 is 5.87. The van der Waals surface area contributed by atoms with E-state index in [4.69, 9.17) is 11.6 Å². The van der Waals surface area contributed by atoms with Gasteiger partial charge in [0.05, 0.1) is 5.69 Å². The average Bonchev–Trinajstić information content (AvgIpc) is 2.56. The molecule has 0 spiro atoms. The number of hydrogen-bond acceptors (Lipinski definition) is 3. The Bertz CT molecular complexity index is 768. The summed E-state index contributed by atoms with van der Waals surface area (Å²) in [4.78, 5) is 8.69. The van der Waals surface area contributed by atoms with Crippen LogP contribution in [0.25, 0.3) is 12.2 Å². The molecule has 108 valence electrons. The second kappa shape index (κ2) is 6.87. The van der Waals surface area contributed by atoms with Crippen molar-refractivity contribution in [1.82, 2.24) is 9.97 Å². The minimum absolute atomic E-state index is 0.574. The van der Waals surface area contributed by atoms with Gasteiger partial charge in [0, 0.05) is 16.9 Å². The fraction of sp³-hybridized carbons (Fsp3) is 0. The maximum absolute atomic E-state index is 5.87. The van der Waals surface area contributed by atoms with Crippen LogP contribution < -0.4 is 5.32 Å². The van der Waals surface area contributed by atoms with Crippen molar-refractivity contribution in [3.63, 3.8) is 0 Å². The monoisotopic (exact) mass is 307 g/mol. The molecule has 0 fully saturated rings. The van der Waals surface area contributed by atoms with Crippen molar-refractivity contribution < 1.29 is 0 Å². The Morgan fingerprint density at radius 2 is 1.64 bits per heavy atom. The molecule has 0 amide bonds. The van der Waals surface area contributed by atoms with Gasteiger partial charge in [-0.1, -0.05) is 48.0 Å². The van der Waals surface area contributed by atoms with E-state index in [0.717, 1.165) is 22.0 Å². The SMILES string of the molecule is Clc1ccc(/C=C/c2ccnc(Nc3ccccc3)n2)cc1. The zero-order valence-electron chi connectivity index (χ0n) is 11.8. The molecule has 0 saturated carbocycles. The summed E-state index contributed by atoms with van der Waals surface area (Å²) in [6.07, 6.45) is 5.67. The van der Waals surface area contributed by atoms with Crippen LogP contribution in [0.4, 0.5) is 11.6 Å². The molecule has 0 saturated heterocycles. The van der Waals surface area contributed by atoms with E-state index in [0.29, 0.717) is 5.95 Å². The molecule has 22 heavy (non-hydrogen) atoms. The first-order valence-electron chi connectivity index (χ1n) is 6.88. The molecule has 0 aliphatic rings. The van der Waals surface area contributed by atoms with Crippen LogP contribution >= 0.6 is 11.6 Å². The molecule has 3 nitrogen and oxygen atoms in total. The molecule has 0 aliphatic heterocycles. The van der Waals surface area contributed by atoms with Crippen LogP contribution in [-0.4, -0.2) is 9.97 Å². The third-order valence-corrected chi connectivity index (χ3v) is 3.28. The number of nitrogens with zero attached hydrogens (tertiary/aromatic N) is 2. The van der Waals surface area contributed by atoms with Gasteiger partial charge in [0.25, 0.3) is 0 Å². The molecule has 0 aliphatic carbocycles. The second-order valence-corrected chi connectivity index (χ2v) is 5.12. The van der Waals surface area contributed by atoms with E-state index < -0.39 is 0 Å². The van der Waals surface area contributed by atoms with Gasteiger partial charge in [-0.05, 0) is 42.0 Å². The van der Waals surface area contributed by atoms with Crippen molar-refractivity contribution in [1.29, 1.82) is 0 Å². The maximum atomic E-state index is 5.87. The quantitative estimate of drug-likeness (QED) is 0.733. The third-order valence-electron chi connectivity index (χ3n) is 3.02. The van der Waals surface area contributed by atoms with E-state index in [1.807, 2.05) is 72.8 Å². The van der Waals surface area contributed by atoms with Gasteiger partial charge in [-0.3, -0.25) is 0 Å². The zero-order valence-corrected chi connectivity index (χ0v) is 12.5. The Morgan fingerprint density at radius 3 is 2.41 bits per heavy atom. The lowest BCUT2D eigenvalue weighted by atomic mass is 10.2. The molecule has 0 radical (unpaired) electrons. The predicted molar refractivity (Wildman–Crippen MR) is 92.1 cm³/mol. The van der Waals surface area contributed by atoms with Gasteiger partial charge < -0.3 is 5.32 Å². The zero-order chi connectivity index (χ0) is 15.2. The van der Waals surface area contributed by atoms with Gasteiger partial charge in [0.1, 0.15) is 0 Å². The van der Waals surface area contributed by atoms with E-state index in [2.05, 4.69) is 15.3 Å². The number of anilines is 2. The number of halogens is 1. The van der Waals surface area contributed by atoms with Gasteiger partial charge in [-0.15, -0.1) is 0 Å². The molecule has 1 heterocycles. The highest BCUT2D eigenvalue weighted by atomic mass is 35.5. The highest BCUT2D eigenvalue weighted by Gasteiger charge is 1.98. The van der Waals surface area contributed by atoms with Crippen molar-refractivity contribution in [3.8, 4) is 0 Å². The van der Waals surface area contributed by atoms with E-state index in [-0.39, 0.29) is 0 Å². The molecular formula is C18H14ClN3. The fourth-order valence-corrected chi connectivity index (χ4v) is 2.06. The van der Waals surface area contributed by atoms with Crippen LogP contribution in [0.2, 0.25) is 5.02 Å². The highest BCUT2D eigenvalue weighted by molar-refractivity contribution is 6.30. The van der Waals surface area contributed by atoms with Gasteiger partial charge in [-0.2, -0.15) is 0 Å². The lowest BCUT2D eigenvalue weighted by Gasteiger charge is -2.04. The third kappa shape index (κ3) is 3.93. The molecule has 1 aromatic heterocycles. The van der Waals surface area contributed by atoms with Crippen LogP contribution in [0.3, 0.4) is 0 Å². The van der Waals surface area contributed by atoms with Crippen LogP contribution in [0.5, 0.6) is 0 Å². The molecule has 3 rings (SSSR count). The van der Waals surface area contributed by atoms with E-state index >= 15 is 0 Å². The van der Waals surface area contributed by atoms with Crippen LogP contribution in [0, 0.1) is 0 Å². The number of aromatic nitrogens is 2. The molecule has 1 N–H and O–H groups in total. The van der Waals surface area contributed by atoms with Gasteiger partial charge >= 0.3 is 0 Å². The second-order valence-electron chi connectivity index (χ2n) is 4.68. The molecule has 4 heteroatoms. The van der Waals surface area contributed by atoms with Crippen molar-refractivity contribution in [2.75, 3.05) is 5.32 Å². The van der Waals surface area contributed by atoms with Gasteiger partial charge in [0.15, 0.2) is 0 Å². The summed E-state index contributed by atoms with van der Waals surface area (Å²) in [5.74, 6) is 0.574. The minimum atomic E-state index is 0.574. The standard InChI is InChI=1S/C18H14ClN3/c19-15-9-6-14(7-10-15)8-11-17-12-13-20-18(22-17)21-16-4-2-1-3-5-16/h1-13H,(H,20,21,22)/b11-8+. The summed E-state index contributed by atoms with van der Waals surface area (Å²) in [5.41, 5.74) is 2.87. The summed E-state index contributed by atoms with van der Waals surface area (Å²) in [5, 5.41) is 3.91. The van der Waals surface area contributed by atoms with Crippen molar-refractivity contribution >= 4 is 35.4 Å².